The molecule has 0 aliphatic heterocycles. The van der Waals surface area contributed by atoms with Gasteiger partial charge in [-0.15, -0.1) is 0 Å². The van der Waals surface area contributed by atoms with Crippen LogP contribution in [0.15, 0.2) is 133 Å². The Morgan fingerprint density at radius 3 is 1.08 bits per heavy atom. The van der Waals surface area contributed by atoms with Crippen LogP contribution in [-0.2, 0) is 0 Å². The van der Waals surface area contributed by atoms with Crippen LogP contribution in [0, 0.1) is 0 Å². The van der Waals surface area contributed by atoms with E-state index < -0.39 is 0 Å². The van der Waals surface area contributed by atoms with Gasteiger partial charge in [-0.2, -0.15) is 0 Å². The Bertz CT molecular complexity index is 1290. The Balaban J connectivity index is 1.05. The predicted molar refractivity (Wildman–Crippen MR) is 152 cm³/mol. The Labute approximate surface area is 224 Å². The number of hydrogen-bond donors (Lipinski definition) is 0. The third-order valence-corrected chi connectivity index (χ3v) is 5.99. The minimum atomic E-state index is 0.442. The molecule has 0 aromatic heterocycles. The van der Waals surface area contributed by atoms with Gasteiger partial charge >= 0.3 is 0 Å². The Kier molecular flexibility index (Phi) is 8.56. The molecule has 0 radical (unpaired) electrons. The molecule has 5 aromatic rings. The van der Waals surface area contributed by atoms with Gasteiger partial charge in [-0.3, -0.25) is 0 Å². The monoisotopic (exact) mass is 502 g/mol. The molecule has 0 aliphatic carbocycles. The molecule has 0 aliphatic rings. The zero-order chi connectivity index (χ0) is 25.8. The van der Waals surface area contributed by atoms with E-state index in [-0.39, 0.29) is 0 Å². The van der Waals surface area contributed by atoms with E-state index in [4.69, 9.17) is 18.9 Å². The van der Waals surface area contributed by atoms with Crippen LogP contribution in [0.2, 0.25) is 0 Å². The van der Waals surface area contributed by atoms with Crippen molar-refractivity contribution >= 4 is 0 Å². The molecule has 5 aromatic carbocycles. The Morgan fingerprint density at radius 1 is 0.316 bits per heavy atom. The average molecular weight is 503 g/mol. The first kappa shape index (κ1) is 25.0. The number of ether oxygens (including phenoxy) is 4. The first-order valence-corrected chi connectivity index (χ1v) is 12.8. The van der Waals surface area contributed by atoms with Gasteiger partial charge in [0.15, 0.2) is 0 Å². The third kappa shape index (κ3) is 6.74. The van der Waals surface area contributed by atoms with Gasteiger partial charge in [-0.1, -0.05) is 97.1 Å². The number of hydrogen-bond acceptors (Lipinski definition) is 4. The molecule has 4 heteroatoms. The summed E-state index contributed by atoms with van der Waals surface area (Å²) in [6, 6.07) is 44.2. The zero-order valence-electron chi connectivity index (χ0n) is 21.2. The first-order chi connectivity index (χ1) is 18.9. The van der Waals surface area contributed by atoms with E-state index in [1.54, 1.807) is 0 Å². The van der Waals surface area contributed by atoms with Crippen LogP contribution in [0.1, 0.15) is 0 Å². The smallest absolute Gasteiger partial charge is 0.127 e. The highest BCUT2D eigenvalue weighted by atomic mass is 16.5. The summed E-state index contributed by atoms with van der Waals surface area (Å²) >= 11 is 0. The molecule has 0 bridgehead atoms. The van der Waals surface area contributed by atoms with E-state index in [1.165, 1.54) is 0 Å². The van der Waals surface area contributed by atoms with Gasteiger partial charge in [0, 0.05) is 11.1 Å². The Morgan fingerprint density at radius 2 is 0.658 bits per heavy atom. The predicted octanol–water partition coefficient (Wildman–Crippen LogP) is 7.94. The molecule has 0 spiro atoms. The molecule has 38 heavy (non-hydrogen) atoms. The maximum absolute atomic E-state index is 6.01. The average Bonchev–Trinajstić information content (AvgIpc) is 2.99. The van der Waals surface area contributed by atoms with Crippen LogP contribution in [-0.4, -0.2) is 26.4 Å². The topological polar surface area (TPSA) is 36.9 Å². The van der Waals surface area contributed by atoms with Crippen molar-refractivity contribution < 1.29 is 18.9 Å². The molecule has 0 fully saturated rings. The van der Waals surface area contributed by atoms with Crippen LogP contribution in [0.4, 0.5) is 0 Å². The molecule has 0 N–H and O–H groups in total. The van der Waals surface area contributed by atoms with Crippen molar-refractivity contribution in [3.05, 3.63) is 133 Å². The van der Waals surface area contributed by atoms with Gasteiger partial charge in [-0.25, -0.2) is 0 Å². The molecule has 0 saturated heterocycles. The van der Waals surface area contributed by atoms with Crippen LogP contribution in [0.25, 0.3) is 22.3 Å². The van der Waals surface area contributed by atoms with Gasteiger partial charge in [0.2, 0.25) is 0 Å². The lowest BCUT2D eigenvalue weighted by Crippen LogP contribution is -2.10. The van der Waals surface area contributed by atoms with Gasteiger partial charge in [0.25, 0.3) is 0 Å². The third-order valence-electron chi connectivity index (χ3n) is 5.99. The van der Waals surface area contributed by atoms with Gasteiger partial charge in [-0.05, 0) is 47.5 Å². The first-order valence-electron chi connectivity index (χ1n) is 12.8. The summed E-state index contributed by atoms with van der Waals surface area (Å²) in [6.45, 7) is 1.78. The summed E-state index contributed by atoms with van der Waals surface area (Å²) in [7, 11) is 0. The molecule has 0 unspecified atom stereocenters. The van der Waals surface area contributed by atoms with Crippen molar-refractivity contribution in [3.63, 3.8) is 0 Å². The van der Waals surface area contributed by atoms with E-state index in [1.807, 2.05) is 97.1 Å². The summed E-state index contributed by atoms with van der Waals surface area (Å²) in [4.78, 5) is 0. The van der Waals surface area contributed by atoms with E-state index in [0.29, 0.717) is 26.4 Å². The highest BCUT2D eigenvalue weighted by Gasteiger charge is 2.07. The van der Waals surface area contributed by atoms with Crippen LogP contribution in [0.3, 0.4) is 0 Å². The minimum Gasteiger partial charge on any atom is -0.490 e. The minimum absolute atomic E-state index is 0.442. The van der Waals surface area contributed by atoms with Crippen molar-refractivity contribution in [2.45, 2.75) is 0 Å². The summed E-state index contributed by atoms with van der Waals surface area (Å²) in [6.07, 6.45) is 0. The number of para-hydroxylation sites is 2. The van der Waals surface area contributed by atoms with Gasteiger partial charge in [0.1, 0.15) is 49.4 Å². The fourth-order valence-electron chi connectivity index (χ4n) is 4.15. The van der Waals surface area contributed by atoms with Crippen molar-refractivity contribution in [1.82, 2.24) is 0 Å². The highest BCUT2D eigenvalue weighted by molar-refractivity contribution is 5.71. The second-order valence-electron chi connectivity index (χ2n) is 8.59. The number of rotatable bonds is 12. The van der Waals surface area contributed by atoms with E-state index in [2.05, 4.69) is 36.4 Å². The second kappa shape index (κ2) is 13.0. The van der Waals surface area contributed by atoms with E-state index >= 15 is 0 Å². The fraction of sp³-hybridized carbons (Fsp3) is 0.118. The molecular formula is C34H30O4. The van der Waals surface area contributed by atoms with Crippen molar-refractivity contribution in [3.8, 4) is 45.3 Å². The zero-order valence-corrected chi connectivity index (χ0v) is 21.2. The van der Waals surface area contributed by atoms with Gasteiger partial charge < -0.3 is 18.9 Å². The van der Waals surface area contributed by atoms with Crippen molar-refractivity contribution in [2.24, 2.45) is 0 Å². The maximum atomic E-state index is 6.01. The summed E-state index contributed by atoms with van der Waals surface area (Å²) in [5.74, 6) is 3.23. The van der Waals surface area contributed by atoms with E-state index in [9.17, 15) is 0 Å². The van der Waals surface area contributed by atoms with Crippen LogP contribution < -0.4 is 18.9 Å². The summed E-state index contributed by atoms with van der Waals surface area (Å²) in [5, 5.41) is 0. The van der Waals surface area contributed by atoms with Crippen LogP contribution >= 0.6 is 0 Å². The lowest BCUT2D eigenvalue weighted by atomic mass is 10.1. The highest BCUT2D eigenvalue weighted by Crippen LogP contribution is 2.30. The molecule has 5 rings (SSSR count). The van der Waals surface area contributed by atoms with Gasteiger partial charge in [0.05, 0.1) is 0 Å². The lowest BCUT2D eigenvalue weighted by Gasteiger charge is -2.13. The van der Waals surface area contributed by atoms with Crippen molar-refractivity contribution in [2.75, 3.05) is 26.4 Å². The largest absolute Gasteiger partial charge is 0.490 e. The van der Waals surface area contributed by atoms with Crippen molar-refractivity contribution in [1.29, 1.82) is 0 Å². The summed E-state index contributed by atoms with van der Waals surface area (Å²) < 4.78 is 23.7. The molecule has 0 amide bonds. The molecular weight excluding hydrogens is 472 g/mol. The standard InChI is InChI=1S/C34H30O4/c1-3-11-27(12-4-1)31-15-7-9-17-33(31)37-25-23-35-29-19-21-30(22-20-29)36-24-26-38-34-18-10-8-16-32(34)28-13-5-2-6-14-28/h1-22H,23-26H2. The SMILES string of the molecule is c1ccc(-c2ccccc2OCCOc2ccc(OCCOc3ccccc3-c3ccccc3)cc2)cc1. The van der Waals surface area contributed by atoms with E-state index in [0.717, 1.165) is 45.3 Å². The second-order valence-corrected chi connectivity index (χ2v) is 8.59. The fourth-order valence-corrected chi connectivity index (χ4v) is 4.15. The Hall–Kier alpha value is -4.70. The normalized spacial score (nSPS) is 10.5. The molecule has 0 saturated carbocycles. The number of benzene rings is 5. The molecule has 0 heterocycles. The summed E-state index contributed by atoms with van der Waals surface area (Å²) in [5.41, 5.74) is 4.40. The molecule has 190 valence electrons. The van der Waals surface area contributed by atoms with Crippen LogP contribution in [0.5, 0.6) is 23.0 Å². The molecule has 0 atom stereocenters. The molecule has 4 nitrogen and oxygen atoms in total. The quantitative estimate of drug-likeness (QED) is 0.162. The lowest BCUT2D eigenvalue weighted by molar-refractivity contribution is 0.214. The maximum Gasteiger partial charge on any atom is 0.127 e.